The molecule has 0 aromatic heterocycles. The first kappa shape index (κ1) is 12.5. The number of hydrogen-bond acceptors (Lipinski definition) is 5. The molecular formula is C10H12O5S. The van der Waals surface area contributed by atoms with E-state index in [1.807, 2.05) is 0 Å². The molecule has 0 heterocycles. The molecule has 0 atom stereocenters. The van der Waals surface area contributed by atoms with Crippen LogP contribution in [-0.4, -0.2) is 34.4 Å². The van der Waals surface area contributed by atoms with Crippen molar-refractivity contribution < 1.29 is 22.7 Å². The van der Waals surface area contributed by atoms with Crippen LogP contribution >= 0.6 is 0 Å². The van der Waals surface area contributed by atoms with Crippen molar-refractivity contribution in [2.75, 3.05) is 20.0 Å². The van der Waals surface area contributed by atoms with Crippen molar-refractivity contribution in [2.24, 2.45) is 0 Å². The Morgan fingerprint density at radius 2 is 2.00 bits per heavy atom. The van der Waals surface area contributed by atoms with Crippen molar-refractivity contribution in [3.8, 4) is 5.75 Å². The van der Waals surface area contributed by atoms with Gasteiger partial charge in [0, 0.05) is 0 Å². The van der Waals surface area contributed by atoms with E-state index in [4.69, 9.17) is 4.74 Å². The van der Waals surface area contributed by atoms with Gasteiger partial charge < -0.3 is 9.47 Å². The molecule has 0 aliphatic heterocycles. The Kier molecular flexibility index (Phi) is 3.89. The van der Waals surface area contributed by atoms with Gasteiger partial charge in [0.25, 0.3) is 0 Å². The molecule has 0 aliphatic rings. The first-order valence-electron chi connectivity index (χ1n) is 4.43. The number of carbonyl (C=O) groups is 1. The van der Waals surface area contributed by atoms with Gasteiger partial charge in [-0.25, -0.2) is 8.42 Å². The molecule has 1 aromatic rings. The van der Waals surface area contributed by atoms with E-state index in [1.165, 1.54) is 19.2 Å². The highest BCUT2D eigenvalue weighted by molar-refractivity contribution is 7.92. The molecule has 0 saturated carbocycles. The average Bonchev–Trinajstić information content (AvgIpc) is 2.28. The van der Waals surface area contributed by atoms with Crippen molar-refractivity contribution in [3.05, 3.63) is 24.3 Å². The number of sulfone groups is 1. The minimum Gasteiger partial charge on any atom is -0.497 e. The van der Waals surface area contributed by atoms with Gasteiger partial charge in [0.2, 0.25) is 0 Å². The summed E-state index contributed by atoms with van der Waals surface area (Å²) in [6, 6.07) is 5.93. The molecule has 0 N–H and O–H groups in total. The number of rotatable bonds is 4. The van der Waals surface area contributed by atoms with Crippen LogP contribution in [0.15, 0.2) is 29.2 Å². The maximum atomic E-state index is 11.7. The molecule has 1 aromatic carbocycles. The zero-order valence-electron chi connectivity index (χ0n) is 8.97. The number of benzene rings is 1. The molecule has 88 valence electrons. The largest absolute Gasteiger partial charge is 0.497 e. The van der Waals surface area contributed by atoms with Crippen LogP contribution in [0.1, 0.15) is 0 Å². The van der Waals surface area contributed by atoms with Gasteiger partial charge in [-0.2, -0.15) is 0 Å². The lowest BCUT2D eigenvalue weighted by molar-refractivity contribution is -0.137. The van der Waals surface area contributed by atoms with E-state index in [2.05, 4.69) is 4.74 Å². The fourth-order valence-corrected chi connectivity index (χ4v) is 2.27. The maximum absolute atomic E-state index is 11.7. The summed E-state index contributed by atoms with van der Waals surface area (Å²) in [6.45, 7) is 0. The Hall–Kier alpha value is -1.56. The minimum absolute atomic E-state index is 0.0391. The van der Waals surface area contributed by atoms with Crippen molar-refractivity contribution in [1.29, 1.82) is 0 Å². The normalized spacial score (nSPS) is 10.9. The van der Waals surface area contributed by atoms with E-state index in [-0.39, 0.29) is 4.90 Å². The summed E-state index contributed by atoms with van der Waals surface area (Å²) in [6.07, 6.45) is 0. The zero-order chi connectivity index (χ0) is 12.2. The number of ether oxygens (including phenoxy) is 2. The fourth-order valence-electron chi connectivity index (χ4n) is 1.09. The van der Waals surface area contributed by atoms with Crippen LogP contribution in [0.4, 0.5) is 0 Å². The van der Waals surface area contributed by atoms with E-state index in [0.29, 0.717) is 5.75 Å². The molecule has 0 fully saturated rings. The number of carbonyl (C=O) groups excluding carboxylic acids is 1. The minimum atomic E-state index is -3.66. The second-order valence-corrected chi connectivity index (χ2v) is 5.00. The van der Waals surface area contributed by atoms with Crippen LogP contribution in [-0.2, 0) is 19.4 Å². The van der Waals surface area contributed by atoms with Crippen molar-refractivity contribution in [2.45, 2.75) is 4.90 Å². The predicted octanol–water partition coefficient (Wildman–Crippen LogP) is 0.642. The Bertz CT molecular complexity index is 478. The quantitative estimate of drug-likeness (QED) is 0.727. The Morgan fingerprint density at radius 1 is 1.31 bits per heavy atom. The predicted molar refractivity (Wildman–Crippen MR) is 57.1 cm³/mol. The van der Waals surface area contributed by atoms with Crippen LogP contribution in [0.3, 0.4) is 0 Å². The van der Waals surface area contributed by atoms with Gasteiger partial charge in [-0.1, -0.05) is 6.07 Å². The van der Waals surface area contributed by atoms with Crippen LogP contribution in [0, 0.1) is 0 Å². The standard InChI is InChI=1S/C10H12O5S/c1-14-8-4-3-5-9(6-8)16(12,13)7-10(11)15-2/h3-6H,7H2,1-2H3. The second kappa shape index (κ2) is 4.98. The molecule has 0 bridgehead atoms. The summed E-state index contributed by atoms with van der Waals surface area (Å²) >= 11 is 0. The number of hydrogen-bond donors (Lipinski definition) is 0. The molecule has 0 aliphatic carbocycles. The van der Waals surface area contributed by atoms with Gasteiger partial charge in [0.15, 0.2) is 15.6 Å². The zero-order valence-corrected chi connectivity index (χ0v) is 9.78. The molecular weight excluding hydrogens is 232 g/mol. The third-order valence-electron chi connectivity index (χ3n) is 1.94. The lowest BCUT2D eigenvalue weighted by Gasteiger charge is -2.05. The van der Waals surface area contributed by atoms with Gasteiger partial charge in [-0.15, -0.1) is 0 Å². The third-order valence-corrected chi connectivity index (χ3v) is 3.52. The van der Waals surface area contributed by atoms with Crippen molar-refractivity contribution in [3.63, 3.8) is 0 Å². The van der Waals surface area contributed by atoms with Crippen molar-refractivity contribution >= 4 is 15.8 Å². The van der Waals surface area contributed by atoms with Crippen LogP contribution in [0.2, 0.25) is 0 Å². The van der Waals surface area contributed by atoms with Crippen LogP contribution < -0.4 is 4.74 Å². The highest BCUT2D eigenvalue weighted by atomic mass is 32.2. The van der Waals surface area contributed by atoms with Gasteiger partial charge in [-0.05, 0) is 18.2 Å². The summed E-state index contributed by atoms with van der Waals surface area (Å²) in [5.41, 5.74) is 0. The summed E-state index contributed by atoms with van der Waals surface area (Å²) in [7, 11) is -1.08. The van der Waals surface area contributed by atoms with Crippen LogP contribution in [0.5, 0.6) is 5.75 Å². The Morgan fingerprint density at radius 3 is 2.56 bits per heavy atom. The molecule has 0 spiro atoms. The Labute approximate surface area is 93.9 Å². The summed E-state index contributed by atoms with van der Waals surface area (Å²) in [5, 5.41) is 0. The summed E-state index contributed by atoms with van der Waals surface area (Å²) < 4.78 is 32.6. The highest BCUT2D eigenvalue weighted by Gasteiger charge is 2.20. The van der Waals surface area contributed by atoms with Gasteiger partial charge in [0.1, 0.15) is 5.75 Å². The second-order valence-electron chi connectivity index (χ2n) is 3.01. The highest BCUT2D eigenvalue weighted by Crippen LogP contribution is 2.18. The van der Waals surface area contributed by atoms with E-state index in [0.717, 1.165) is 7.11 Å². The monoisotopic (exact) mass is 244 g/mol. The van der Waals surface area contributed by atoms with Crippen LogP contribution in [0.25, 0.3) is 0 Å². The van der Waals surface area contributed by atoms with Gasteiger partial charge >= 0.3 is 5.97 Å². The molecule has 16 heavy (non-hydrogen) atoms. The molecule has 0 amide bonds. The molecule has 1 rings (SSSR count). The smallest absolute Gasteiger partial charge is 0.321 e. The summed E-state index contributed by atoms with van der Waals surface area (Å²) in [4.78, 5) is 11.0. The van der Waals surface area contributed by atoms with Gasteiger partial charge in [-0.3, -0.25) is 4.79 Å². The molecule has 6 heteroatoms. The lowest BCUT2D eigenvalue weighted by atomic mass is 10.3. The maximum Gasteiger partial charge on any atom is 0.321 e. The number of methoxy groups -OCH3 is 2. The topological polar surface area (TPSA) is 69.7 Å². The van der Waals surface area contributed by atoms with Gasteiger partial charge in [0.05, 0.1) is 19.1 Å². The van der Waals surface area contributed by atoms with Crippen molar-refractivity contribution in [1.82, 2.24) is 0 Å². The average molecular weight is 244 g/mol. The SMILES string of the molecule is COC(=O)CS(=O)(=O)c1cccc(OC)c1. The molecule has 0 radical (unpaired) electrons. The molecule has 0 saturated heterocycles. The first-order chi connectivity index (χ1) is 7.49. The summed E-state index contributed by atoms with van der Waals surface area (Å²) in [5.74, 6) is -1.04. The molecule has 0 unspecified atom stereocenters. The van der Waals surface area contributed by atoms with E-state index < -0.39 is 21.6 Å². The fraction of sp³-hybridized carbons (Fsp3) is 0.300. The Balaban J connectivity index is 3.02. The van der Waals surface area contributed by atoms with E-state index in [1.54, 1.807) is 12.1 Å². The molecule has 5 nitrogen and oxygen atoms in total. The van der Waals surface area contributed by atoms with E-state index in [9.17, 15) is 13.2 Å². The first-order valence-corrected chi connectivity index (χ1v) is 6.08. The number of esters is 1. The third kappa shape index (κ3) is 2.96. The van der Waals surface area contributed by atoms with E-state index >= 15 is 0 Å². The lowest BCUT2D eigenvalue weighted by Crippen LogP contribution is -2.17.